The van der Waals surface area contributed by atoms with Gasteiger partial charge in [0.2, 0.25) is 5.91 Å². The van der Waals surface area contributed by atoms with Crippen molar-refractivity contribution in [1.82, 2.24) is 10.2 Å². The van der Waals surface area contributed by atoms with Crippen LogP contribution in [-0.2, 0) is 16.8 Å². The van der Waals surface area contributed by atoms with Crippen LogP contribution in [0, 0.1) is 0 Å². The van der Waals surface area contributed by atoms with E-state index < -0.39 is 17.6 Å². The molecule has 0 radical (unpaired) electrons. The summed E-state index contributed by atoms with van der Waals surface area (Å²) < 4.78 is 41.0. The van der Waals surface area contributed by atoms with Crippen LogP contribution < -0.4 is 5.32 Å². The number of alkyl halides is 3. The molecular formula is C16H19F3N2O. The minimum absolute atomic E-state index is 0.150. The van der Waals surface area contributed by atoms with Crippen LogP contribution in [0.15, 0.2) is 36.4 Å². The largest absolute Gasteiger partial charge is 0.415 e. The summed E-state index contributed by atoms with van der Waals surface area (Å²) in [6, 6.07) is 6.40. The molecule has 1 aliphatic carbocycles. The molecule has 0 aliphatic heterocycles. The first kappa shape index (κ1) is 16.5. The molecule has 1 aromatic rings. The van der Waals surface area contributed by atoms with Gasteiger partial charge in [-0.2, -0.15) is 13.2 Å². The molecule has 22 heavy (non-hydrogen) atoms. The smallest absolute Gasteiger partial charge is 0.335 e. The molecule has 1 aliphatic rings. The highest BCUT2D eigenvalue weighted by atomic mass is 19.4. The molecule has 0 heterocycles. The number of nitrogens with zero attached hydrogens (tertiary/aromatic N) is 1. The first-order valence-corrected chi connectivity index (χ1v) is 7.05. The molecule has 0 saturated carbocycles. The predicted molar refractivity (Wildman–Crippen MR) is 78.3 cm³/mol. The predicted octanol–water partition coefficient (Wildman–Crippen LogP) is 2.62. The third-order valence-electron chi connectivity index (χ3n) is 3.81. The van der Waals surface area contributed by atoms with E-state index in [1.807, 2.05) is 19.0 Å². The molecule has 6 heteroatoms. The number of hydrogen-bond donors (Lipinski definition) is 1. The third-order valence-corrected chi connectivity index (χ3v) is 3.81. The quantitative estimate of drug-likeness (QED) is 0.867. The molecule has 1 atom stereocenters. The molecule has 1 unspecified atom stereocenters. The lowest BCUT2D eigenvalue weighted by Crippen LogP contribution is -2.54. The molecule has 120 valence electrons. The number of fused-ring (bicyclic) bond motifs is 1. The van der Waals surface area contributed by atoms with Crippen molar-refractivity contribution in [3.05, 3.63) is 47.5 Å². The van der Waals surface area contributed by atoms with Crippen LogP contribution in [0.1, 0.15) is 17.5 Å². The number of hydrogen-bond acceptors (Lipinski definition) is 2. The lowest BCUT2D eigenvalue weighted by Gasteiger charge is -2.33. The molecule has 0 bridgehead atoms. The molecule has 2 rings (SSSR count). The zero-order valence-electron chi connectivity index (χ0n) is 12.6. The molecule has 1 N–H and O–H groups in total. The Balaban J connectivity index is 2.27. The average molecular weight is 312 g/mol. The highest BCUT2D eigenvalue weighted by Crippen LogP contribution is 2.47. The molecule has 1 aromatic carbocycles. The van der Waals surface area contributed by atoms with Gasteiger partial charge in [0.05, 0.1) is 0 Å². The monoisotopic (exact) mass is 312 g/mol. The summed E-state index contributed by atoms with van der Waals surface area (Å²) in [7, 11) is 3.62. The van der Waals surface area contributed by atoms with Gasteiger partial charge in [-0.15, -0.1) is 0 Å². The van der Waals surface area contributed by atoms with Crippen molar-refractivity contribution in [2.24, 2.45) is 0 Å². The number of carbonyl (C=O) groups excluding carboxylic acids is 1. The van der Waals surface area contributed by atoms with E-state index in [1.54, 1.807) is 24.3 Å². The van der Waals surface area contributed by atoms with Gasteiger partial charge in [0, 0.05) is 12.6 Å². The summed E-state index contributed by atoms with van der Waals surface area (Å²) in [5.74, 6) is -0.726. The van der Waals surface area contributed by atoms with Gasteiger partial charge in [0.25, 0.3) is 0 Å². The SMILES string of the molecule is CN(C)C/C=C/C(=O)NC1(C(F)(F)F)CCc2ccccc21. The number of halogens is 3. The summed E-state index contributed by atoms with van der Waals surface area (Å²) in [5, 5.41) is 2.19. The van der Waals surface area contributed by atoms with Crippen molar-refractivity contribution in [3.8, 4) is 0 Å². The van der Waals surface area contributed by atoms with E-state index >= 15 is 0 Å². The van der Waals surface area contributed by atoms with E-state index in [-0.39, 0.29) is 12.0 Å². The minimum atomic E-state index is -4.54. The first-order chi connectivity index (χ1) is 10.3. The highest BCUT2D eigenvalue weighted by Gasteiger charge is 2.59. The molecule has 0 aromatic heterocycles. The number of carbonyl (C=O) groups is 1. The fraction of sp³-hybridized carbons (Fsp3) is 0.438. The zero-order valence-corrected chi connectivity index (χ0v) is 12.6. The Hall–Kier alpha value is -1.82. The van der Waals surface area contributed by atoms with E-state index in [0.29, 0.717) is 18.5 Å². The van der Waals surface area contributed by atoms with Crippen LogP contribution >= 0.6 is 0 Å². The fourth-order valence-electron chi connectivity index (χ4n) is 2.73. The second-order valence-corrected chi connectivity index (χ2v) is 5.71. The van der Waals surface area contributed by atoms with E-state index in [2.05, 4.69) is 5.32 Å². The summed E-state index contributed by atoms with van der Waals surface area (Å²) in [5.41, 5.74) is -1.50. The van der Waals surface area contributed by atoms with Crippen molar-refractivity contribution in [2.45, 2.75) is 24.6 Å². The Kier molecular flexibility index (Phi) is 4.60. The summed E-state index contributed by atoms with van der Waals surface area (Å²) in [4.78, 5) is 13.7. The van der Waals surface area contributed by atoms with E-state index in [1.165, 1.54) is 6.07 Å². The number of nitrogens with one attached hydrogen (secondary N) is 1. The van der Waals surface area contributed by atoms with Crippen LogP contribution in [0.25, 0.3) is 0 Å². The molecule has 0 fully saturated rings. The Labute approximate surface area is 127 Å². The number of amides is 1. The van der Waals surface area contributed by atoms with Gasteiger partial charge in [-0.25, -0.2) is 0 Å². The molecule has 1 amide bonds. The number of rotatable bonds is 4. The maximum Gasteiger partial charge on any atom is 0.415 e. The highest BCUT2D eigenvalue weighted by molar-refractivity contribution is 5.88. The Morgan fingerprint density at radius 2 is 2.05 bits per heavy atom. The Morgan fingerprint density at radius 3 is 2.68 bits per heavy atom. The van der Waals surface area contributed by atoms with Crippen LogP contribution in [0.5, 0.6) is 0 Å². The summed E-state index contributed by atoms with van der Waals surface area (Å²) in [6.07, 6.45) is -1.69. The maximum atomic E-state index is 13.7. The van der Waals surface area contributed by atoms with E-state index in [4.69, 9.17) is 0 Å². The molecule has 3 nitrogen and oxygen atoms in total. The Morgan fingerprint density at radius 1 is 1.36 bits per heavy atom. The van der Waals surface area contributed by atoms with Crippen molar-refractivity contribution in [3.63, 3.8) is 0 Å². The third kappa shape index (κ3) is 3.16. The molecule has 0 saturated heterocycles. The zero-order chi connectivity index (χ0) is 16.4. The van der Waals surface area contributed by atoms with Crippen LogP contribution in [0.2, 0.25) is 0 Å². The van der Waals surface area contributed by atoms with Gasteiger partial charge in [-0.05, 0) is 38.1 Å². The number of aryl methyl sites for hydroxylation is 1. The standard InChI is InChI=1S/C16H19F3N2O/c1-21(2)11-5-8-14(22)20-15(16(17,18)19)10-9-12-6-3-4-7-13(12)15/h3-8H,9-11H2,1-2H3,(H,20,22)/b8-5+. The number of benzene rings is 1. The minimum Gasteiger partial charge on any atom is -0.335 e. The van der Waals surface area contributed by atoms with Crippen molar-refractivity contribution >= 4 is 5.91 Å². The number of likely N-dealkylation sites (N-methyl/N-ethyl adjacent to an activating group) is 1. The maximum absolute atomic E-state index is 13.7. The van der Waals surface area contributed by atoms with Crippen molar-refractivity contribution in [1.29, 1.82) is 0 Å². The van der Waals surface area contributed by atoms with E-state index in [0.717, 1.165) is 6.08 Å². The second kappa shape index (κ2) is 6.12. The van der Waals surface area contributed by atoms with Crippen LogP contribution in [0.3, 0.4) is 0 Å². The average Bonchev–Trinajstić information content (AvgIpc) is 2.78. The van der Waals surface area contributed by atoms with Crippen LogP contribution in [0.4, 0.5) is 13.2 Å². The van der Waals surface area contributed by atoms with Crippen LogP contribution in [-0.4, -0.2) is 37.6 Å². The summed E-state index contributed by atoms with van der Waals surface area (Å²) in [6.45, 7) is 0.489. The van der Waals surface area contributed by atoms with Gasteiger partial charge in [-0.1, -0.05) is 30.3 Å². The first-order valence-electron chi connectivity index (χ1n) is 7.05. The Bertz CT molecular complexity index is 581. The fourth-order valence-corrected chi connectivity index (χ4v) is 2.73. The van der Waals surface area contributed by atoms with Crippen molar-refractivity contribution < 1.29 is 18.0 Å². The normalized spacial score (nSPS) is 21.4. The summed E-state index contributed by atoms with van der Waals surface area (Å²) >= 11 is 0. The van der Waals surface area contributed by atoms with Gasteiger partial charge >= 0.3 is 6.18 Å². The van der Waals surface area contributed by atoms with Gasteiger partial charge in [-0.3, -0.25) is 4.79 Å². The second-order valence-electron chi connectivity index (χ2n) is 5.71. The lowest BCUT2D eigenvalue weighted by atomic mass is 9.90. The van der Waals surface area contributed by atoms with Crippen molar-refractivity contribution in [2.75, 3.05) is 20.6 Å². The van der Waals surface area contributed by atoms with Gasteiger partial charge < -0.3 is 10.2 Å². The van der Waals surface area contributed by atoms with Gasteiger partial charge in [0.15, 0.2) is 5.54 Å². The molecule has 0 spiro atoms. The topological polar surface area (TPSA) is 32.3 Å². The lowest BCUT2D eigenvalue weighted by molar-refractivity contribution is -0.201. The molecular weight excluding hydrogens is 293 g/mol. The van der Waals surface area contributed by atoms with E-state index in [9.17, 15) is 18.0 Å². The van der Waals surface area contributed by atoms with Gasteiger partial charge in [0.1, 0.15) is 0 Å².